The molecular weight excluding hydrogens is 276 g/mol. The predicted molar refractivity (Wildman–Crippen MR) is 68.7 cm³/mol. The monoisotopic (exact) mass is 286 g/mol. The van der Waals surface area contributed by atoms with Crippen molar-refractivity contribution >= 4 is 34.0 Å². The van der Waals surface area contributed by atoms with Crippen molar-refractivity contribution in [3.63, 3.8) is 0 Å². The Bertz CT molecular complexity index is 566. The van der Waals surface area contributed by atoms with Crippen molar-refractivity contribution in [1.82, 2.24) is 19.7 Å². The number of aryl methyl sites for hydroxylation is 1. The zero-order chi connectivity index (χ0) is 13.1. The van der Waals surface area contributed by atoms with E-state index >= 15 is 0 Å². The van der Waals surface area contributed by atoms with E-state index in [1.54, 1.807) is 11.5 Å². The highest BCUT2D eigenvalue weighted by Crippen LogP contribution is 2.24. The summed E-state index contributed by atoms with van der Waals surface area (Å²) in [7, 11) is 0. The molecule has 0 saturated heterocycles. The van der Waals surface area contributed by atoms with Crippen LogP contribution in [0.1, 0.15) is 5.82 Å². The van der Waals surface area contributed by atoms with Gasteiger partial charge in [-0.15, -0.1) is 10.2 Å². The molecular formula is C8H10N6O2S2. The van der Waals surface area contributed by atoms with Crippen molar-refractivity contribution in [2.24, 2.45) is 0 Å². The number of nitrogen functional groups attached to an aromatic ring is 1. The standard InChI is InChI=1S/C8H10N6O2S2/c1-5-10-4-6(14(15)16)13(5)2-3-17-8-12-11-7(9)18-8/h4H,2-3H2,1H3,(H2,9,11). The van der Waals surface area contributed by atoms with Crippen LogP contribution in [0, 0.1) is 17.0 Å². The summed E-state index contributed by atoms with van der Waals surface area (Å²) in [5, 5.41) is 18.7. The quantitative estimate of drug-likeness (QED) is 0.501. The number of nitrogens with zero attached hydrogens (tertiary/aromatic N) is 5. The molecule has 2 aromatic rings. The van der Waals surface area contributed by atoms with Crippen LogP contribution in [0.2, 0.25) is 0 Å². The Morgan fingerprint density at radius 3 is 3.00 bits per heavy atom. The van der Waals surface area contributed by atoms with Gasteiger partial charge in [-0.3, -0.25) is 0 Å². The van der Waals surface area contributed by atoms with Crippen LogP contribution >= 0.6 is 23.1 Å². The van der Waals surface area contributed by atoms with Crippen LogP contribution in [0.25, 0.3) is 0 Å². The van der Waals surface area contributed by atoms with Gasteiger partial charge in [-0.1, -0.05) is 23.1 Å². The Morgan fingerprint density at radius 1 is 1.61 bits per heavy atom. The van der Waals surface area contributed by atoms with Gasteiger partial charge in [-0.05, 0) is 4.92 Å². The highest BCUT2D eigenvalue weighted by Gasteiger charge is 2.17. The molecule has 2 rings (SSSR count). The van der Waals surface area contributed by atoms with Crippen LogP contribution in [-0.4, -0.2) is 30.4 Å². The zero-order valence-corrected chi connectivity index (χ0v) is 11.1. The Hall–Kier alpha value is -1.68. The average Bonchev–Trinajstić information content (AvgIpc) is 2.87. The second-order valence-corrected chi connectivity index (χ2v) is 5.68. The highest BCUT2D eigenvalue weighted by atomic mass is 32.2. The summed E-state index contributed by atoms with van der Waals surface area (Å²) in [6.45, 7) is 2.23. The van der Waals surface area contributed by atoms with E-state index in [1.807, 2.05) is 0 Å². The third-order valence-corrected chi connectivity index (χ3v) is 4.05. The van der Waals surface area contributed by atoms with E-state index in [-0.39, 0.29) is 5.82 Å². The summed E-state index contributed by atoms with van der Waals surface area (Å²) in [5.41, 5.74) is 5.46. The SMILES string of the molecule is Cc1ncc([N+](=O)[O-])n1CCSc1nnc(N)s1. The lowest BCUT2D eigenvalue weighted by molar-refractivity contribution is -0.392. The van der Waals surface area contributed by atoms with E-state index in [1.165, 1.54) is 29.3 Å². The summed E-state index contributed by atoms with van der Waals surface area (Å²) in [6.07, 6.45) is 1.27. The molecule has 2 N–H and O–H groups in total. The summed E-state index contributed by atoms with van der Waals surface area (Å²) >= 11 is 2.76. The number of imidazole rings is 1. The van der Waals surface area contributed by atoms with Crippen molar-refractivity contribution in [2.75, 3.05) is 11.5 Å². The molecule has 0 fully saturated rings. The van der Waals surface area contributed by atoms with Gasteiger partial charge in [0.25, 0.3) is 0 Å². The third kappa shape index (κ3) is 2.76. The molecule has 0 aliphatic heterocycles. The predicted octanol–water partition coefficient (Wildman–Crippen LogP) is 1.33. The molecule has 0 spiro atoms. The maximum atomic E-state index is 10.8. The Labute approximate surface area is 110 Å². The lowest BCUT2D eigenvalue weighted by Gasteiger charge is -2.01. The molecule has 0 saturated carbocycles. The van der Waals surface area contributed by atoms with Gasteiger partial charge in [-0.2, -0.15) is 0 Å². The van der Waals surface area contributed by atoms with Crippen molar-refractivity contribution in [3.8, 4) is 0 Å². The van der Waals surface area contributed by atoms with Crippen molar-refractivity contribution in [3.05, 3.63) is 22.1 Å². The Kier molecular flexibility index (Phi) is 3.77. The van der Waals surface area contributed by atoms with Crippen LogP contribution in [0.15, 0.2) is 10.5 Å². The summed E-state index contributed by atoms with van der Waals surface area (Å²) in [5.74, 6) is 1.27. The Morgan fingerprint density at radius 2 is 2.39 bits per heavy atom. The summed E-state index contributed by atoms with van der Waals surface area (Å²) in [4.78, 5) is 14.3. The number of rotatable bonds is 5. The minimum Gasteiger partial charge on any atom is -0.374 e. The summed E-state index contributed by atoms with van der Waals surface area (Å²) < 4.78 is 2.32. The number of nitrogens with two attached hydrogens (primary N) is 1. The molecule has 0 atom stereocenters. The molecule has 0 amide bonds. The lowest BCUT2D eigenvalue weighted by Crippen LogP contribution is -2.06. The van der Waals surface area contributed by atoms with Gasteiger partial charge < -0.3 is 15.8 Å². The first-order valence-electron chi connectivity index (χ1n) is 4.96. The molecule has 0 unspecified atom stereocenters. The maximum absolute atomic E-state index is 10.8. The van der Waals surface area contributed by atoms with E-state index in [0.29, 0.717) is 23.3 Å². The number of aromatic nitrogens is 4. The summed E-state index contributed by atoms with van der Waals surface area (Å²) in [6, 6.07) is 0. The van der Waals surface area contributed by atoms with Gasteiger partial charge in [0.15, 0.2) is 10.2 Å². The van der Waals surface area contributed by atoms with Crippen LogP contribution in [0.4, 0.5) is 10.9 Å². The molecule has 10 heteroatoms. The van der Waals surface area contributed by atoms with Crippen LogP contribution in [0.3, 0.4) is 0 Å². The fourth-order valence-corrected chi connectivity index (χ4v) is 3.01. The normalized spacial score (nSPS) is 10.7. The van der Waals surface area contributed by atoms with Crippen molar-refractivity contribution in [1.29, 1.82) is 0 Å². The first-order chi connectivity index (χ1) is 8.58. The Balaban J connectivity index is 1.98. The van der Waals surface area contributed by atoms with E-state index in [2.05, 4.69) is 15.2 Å². The van der Waals surface area contributed by atoms with Gasteiger partial charge in [0.2, 0.25) is 5.13 Å². The van der Waals surface area contributed by atoms with Crippen LogP contribution in [-0.2, 0) is 6.54 Å². The smallest absolute Gasteiger partial charge is 0.342 e. The third-order valence-electron chi connectivity index (χ3n) is 2.18. The molecule has 0 aliphatic rings. The van der Waals surface area contributed by atoms with E-state index < -0.39 is 4.92 Å². The molecule has 0 aliphatic carbocycles. The second-order valence-electron chi connectivity index (χ2n) is 3.33. The molecule has 18 heavy (non-hydrogen) atoms. The molecule has 2 heterocycles. The molecule has 0 radical (unpaired) electrons. The number of hydrogen-bond acceptors (Lipinski definition) is 8. The molecule has 8 nitrogen and oxygen atoms in total. The van der Waals surface area contributed by atoms with Gasteiger partial charge in [0.05, 0.1) is 0 Å². The first kappa shape index (κ1) is 12.8. The lowest BCUT2D eigenvalue weighted by atomic mass is 10.6. The molecule has 0 bridgehead atoms. The van der Waals surface area contributed by atoms with Gasteiger partial charge in [0.1, 0.15) is 12.7 Å². The highest BCUT2D eigenvalue weighted by molar-refractivity contribution is 8.01. The first-order valence-corrected chi connectivity index (χ1v) is 6.76. The fourth-order valence-electron chi connectivity index (χ4n) is 1.38. The number of anilines is 1. The molecule has 96 valence electrons. The number of hydrogen-bond donors (Lipinski definition) is 1. The van der Waals surface area contributed by atoms with Crippen molar-refractivity contribution < 1.29 is 4.92 Å². The van der Waals surface area contributed by atoms with E-state index in [9.17, 15) is 10.1 Å². The largest absolute Gasteiger partial charge is 0.374 e. The molecule has 2 aromatic heterocycles. The topological polar surface area (TPSA) is 113 Å². The second kappa shape index (κ2) is 5.31. The van der Waals surface area contributed by atoms with Gasteiger partial charge in [-0.25, -0.2) is 9.55 Å². The number of thioether (sulfide) groups is 1. The minimum absolute atomic E-state index is 0.00452. The van der Waals surface area contributed by atoms with Crippen LogP contribution in [0.5, 0.6) is 0 Å². The van der Waals surface area contributed by atoms with E-state index in [0.717, 1.165) is 4.34 Å². The average molecular weight is 286 g/mol. The van der Waals surface area contributed by atoms with Gasteiger partial charge >= 0.3 is 5.82 Å². The van der Waals surface area contributed by atoms with Gasteiger partial charge in [0, 0.05) is 12.7 Å². The molecule has 0 aromatic carbocycles. The fraction of sp³-hybridized carbons (Fsp3) is 0.375. The van der Waals surface area contributed by atoms with Crippen molar-refractivity contribution in [2.45, 2.75) is 17.8 Å². The minimum atomic E-state index is -0.437. The zero-order valence-electron chi connectivity index (χ0n) is 9.44. The number of nitro groups is 1. The van der Waals surface area contributed by atoms with Crippen LogP contribution < -0.4 is 5.73 Å². The van der Waals surface area contributed by atoms with E-state index in [4.69, 9.17) is 5.73 Å². The maximum Gasteiger partial charge on any atom is 0.342 e.